The molecule has 0 aliphatic carbocycles. The van der Waals surface area contributed by atoms with E-state index in [0.717, 1.165) is 11.0 Å². The van der Waals surface area contributed by atoms with E-state index in [4.69, 9.17) is 0 Å². The summed E-state index contributed by atoms with van der Waals surface area (Å²) in [5.74, 6) is 0. The second-order valence-corrected chi connectivity index (χ2v) is 9.08. The maximum atomic E-state index is 10.0. The summed E-state index contributed by atoms with van der Waals surface area (Å²) in [4.78, 5) is 9.59. The molecule has 0 spiro atoms. The third-order valence-corrected chi connectivity index (χ3v) is 5.54. The fourth-order valence-corrected chi connectivity index (χ4v) is 3.73. The van der Waals surface area contributed by atoms with E-state index in [9.17, 15) is 10.1 Å². The van der Waals surface area contributed by atoms with Crippen molar-refractivity contribution >= 4 is 5.69 Å². The highest BCUT2D eigenvalue weighted by atomic mass is 16.6. The average Bonchev–Trinajstić information content (AvgIpc) is 2.76. The minimum Gasteiger partial charge on any atom is -0.325 e. The van der Waals surface area contributed by atoms with Crippen molar-refractivity contribution in [1.82, 2.24) is 0 Å². The molecule has 172 valence electrons. The maximum Gasteiger partial charge on any atom is 0.269 e. The van der Waals surface area contributed by atoms with E-state index in [1.54, 1.807) is 18.2 Å². The van der Waals surface area contributed by atoms with Gasteiger partial charge in [0.05, 0.1) is 25.6 Å². The number of hydrogen-bond donors (Lipinski definition) is 0. The number of nitrogens with zero attached hydrogens (tertiary/aromatic N) is 2. The van der Waals surface area contributed by atoms with Crippen LogP contribution in [0.4, 0.5) is 5.69 Å². The molecule has 0 bridgehead atoms. The summed E-state index contributed by atoms with van der Waals surface area (Å²) in [7, 11) is 4.72. The van der Waals surface area contributed by atoms with Crippen LogP contribution in [0.1, 0.15) is 76.7 Å². The molecule has 0 unspecified atom stereocenters. The van der Waals surface area contributed by atoms with Crippen LogP contribution in [0.3, 0.4) is 0 Å². The lowest BCUT2D eigenvalue weighted by atomic mass is 10.1. The van der Waals surface area contributed by atoms with Gasteiger partial charge in [-0.2, -0.15) is 0 Å². The lowest BCUT2D eigenvalue weighted by molar-refractivity contribution is -0.903. The van der Waals surface area contributed by atoms with Gasteiger partial charge in [-0.25, -0.2) is 0 Å². The first-order valence-electron chi connectivity index (χ1n) is 12.0. The maximum absolute atomic E-state index is 10.0. The molecule has 2 aromatic rings. The van der Waals surface area contributed by atoms with Crippen LogP contribution in [0.25, 0.3) is 0 Å². The Hall–Kier alpha value is -2.20. The first kappa shape index (κ1) is 26.8. The standard InChI is InChI=1S/C21H38N.C6H5NO2/c1-4-5-6-7-8-9-10-11-12-16-19-22(2,3)20-21-17-14-13-15-18-21;8-7(9)6-4-2-1-3-5-6/h13-15,17-18H,4-12,16,19-20H2,1-3H3;1-5H/q+1;. The summed E-state index contributed by atoms with van der Waals surface area (Å²) in [5.41, 5.74) is 1.59. The molecular weight excluding hydrogens is 384 g/mol. The quantitative estimate of drug-likeness (QED) is 0.134. The fourth-order valence-electron chi connectivity index (χ4n) is 3.73. The molecule has 0 aromatic heterocycles. The van der Waals surface area contributed by atoms with Crippen molar-refractivity contribution in [2.75, 3.05) is 20.6 Å². The molecule has 0 saturated carbocycles. The zero-order valence-corrected chi connectivity index (χ0v) is 20.0. The van der Waals surface area contributed by atoms with Crippen LogP contribution in [0.2, 0.25) is 0 Å². The molecule has 0 N–H and O–H groups in total. The summed E-state index contributed by atoms with van der Waals surface area (Å²) in [6.45, 7) is 4.74. The van der Waals surface area contributed by atoms with Crippen LogP contribution in [-0.4, -0.2) is 30.0 Å². The zero-order chi connectivity index (χ0) is 22.8. The topological polar surface area (TPSA) is 43.1 Å². The van der Waals surface area contributed by atoms with Gasteiger partial charge < -0.3 is 4.48 Å². The van der Waals surface area contributed by atoms with Crippen molar-refractivity contribution in [2.24, 2.45) is 0 Å². The Balaban J connectivity index is 0.000000442. The van der Waals surface area contributed by atoms with E-state index in [1.807, 2.05) is 0 Å². The number of unbranched alkanes of at least 4 members (excludes halogenated alkanes) is 9. The first-order valence-corrected chi connectivity index (χ1v) is 12.0. The minimum absolute atomic E-state index is 0.137. The smallest absolute Gasteiger partial charge is 0.269 e. The largest absolute Gasteiger partial charge is 0.325 e. The number of nitro benzene ring substituents is 1. The van der Waals surface area contributed by atoms with Crippen molar-refractivity contribution < 1.29 is 9.41 Å². The lowest BCUT2D eigenvalue weighted by Crippen LogP contribution is -2.39. The Kier molecular flexibility index (Phi) is 14.3. The van der Waals surface area contributed by atoms with Gasteiger partial charge in [0.2, 0.25) is 0 Å². The minimum atomic E-state index is -0.417. The molecule has 0 saturated heterocycles. The number of hydrogen-bond acceptors (Lipinski definition) is 2. The Labute approximate surface area is 190 Å². The van der Waals surface area contributed by atoms with Crippen molar-refractivity contribution in [2.45, 2.75) is 77.7 Å². The third kappa shape index (κ3) is 14.4. The Morgan fingerprint density at radius 1 is 0.710 bits per heavy atom. The second-order valence-electron chi connectivity index (χ2n) is 9.08. The number of benzene rings is 2. The molecule has 0 radical (unpaired) electrons. The molecule has 0 amide bonds. The van der Waals surface area contributed by atoms with Crippen LogP contribution >= 0.6 is 0 Å². The van der Waals surface area contributed by atoms with E-state index in [2.05, 4.69) is 51.4 Å². The summed E-state index contributed by atoms with van der Waals surface area (Å²) in [6, 6.07) is 18.8. The van der Waals surface area contributed by atoms with Crippen LogP contribution in [0.15, 0.2) is 60.7 Å². The van der Waals surface area contributed by atoms with E-state index < -0.39 is 4.92 Å². The van der Waals surface area contributed by atoms with Crippen LogP contribution < -0.4 is 0 Å². The zero-order valence-electron chi connectivity index (χ0n) is 20.0. The van der Waals surface area contributed by atoms with Crippen molar-refractivity contribution in [3.05, 3.63) is 76.3 Å². The predicted molar refractivity (Wildman–Crippen MR) is 132 cm³/mol. The number of quaternary nitrogens is 1. The van der Waals surface area contributed by atoms with Crippen LogP contribution in [0, 0.1) is 10.1 Å². The molecular formula is C27H43N2O2+. The first-order chi connectivity index (χ1) is 14.9. The van der Waals surface area contributed by atoms with Gasteiger partial charge in [-0.1, -0.05) is 107 Å². The highest BCUT2D eigenvalue weighted by Crippen LogP contribution is 2.14. The summed E-state index contributed by atoms with van der Waals surface area (Å²) >= 11 is 0. The van der Waals surface area contributed by atoms with Crippen LogP contribution in [0.5, 0.6) is 0 Å². The van der Waals surface area contributed by atoms with Gasteiger partial charge in [0.15, 0.2) is 0 Å². The average molecular weight is 428 g/mol. The Morgan fingerprint density at radius 2 is 1.16 bits per heavy atom. The molecule has 2 rings (SSSR count). The molecule has 31 heavy (non-hydrogen) atoms. The molecule has 4 nitrogen and oxygen atoms in total. The normalized spacial score (nSPS) is 10.9. The van der Waals surface area contributed by atoms with Gasteiger partial charge >= 0.3 is 0 Å². The number of para-hydroxylation sites is 1. The van der Waals surface area contributed by atoms with Crippen LogP contribution in [-0.2, 0) is 6.54 Å². The van der Waals surface area contributed by atoms with Crippen molar-refractivity contribution in [3.8, 4) is 0 Å². The molecule has 4 heteroatoms. The van der Waals surface area contributed by atoms with E-state index in [-0.39, 0.29) is 5.69 Å². The SMILES string of the molecule is CCCCCCCCCCCC[N+](C)(C)Cc1ccccc1.O=[N+]([O-])c1ccccc1. The molecule has 0 aliphatic heterocycles. The summed E-state index contributed by atoms with van der Waals surface area (Å²) in [6.07, 6.45) is 14.2. The van der Waals surface area contributed by atoms with Gasteiger partial charge in [-0.05, 0) is 12.8 Å². The van der Waals surface area contributed by atoms with Gasteiger partial charge in [0.1, 0.15) is 6.54 Å². The van der Waals surface area contributed by atoms with E-state index in [1.165, 1.54) is 88.4 Å². The van der Waals surface area contributed by atoms with E-state index in [0.29, 0.717) is 0 Å². The summed E-state index contributed by atoms with van der Waals surface area (Å²) in [5, 5.41) is 10.0. The number of nitro groups is 1. The monoisotopic (exact) mass is 427 g/mol. The molecule has 0 heterocycles. The van der Waals surface area contributed by atoms with Gasteiger partial charge in [-0.3, -0.25) is 10.1 Å². The molecule has 0 aliphatic rings. The fraction of sp³-hybridized carbons (Fsp3) is 0.556. The number of rotatable bonds is 14. The highest BCUT2D eigenvalue weighted by molar-refractivity contribution is 5.28. The van der Waals surface area contributed by atoms with Gasteiger partial charge in [-0.15, -0.1) is 0 Å². The molecule has 2 aromatic carbocycles. The summed E-state index contributed by atoms with van der Waals surface area (Å²) < 4.78 is 1.11. The van der Waals surface area contributed by atoms with E-state index >= 15 is 0 Å². The Morgan fingerprint density at radius 3 is 1.61 bits per heavy atom. The lowest BCUT2D eigenvalue weighted by Gasteiger charge is -2.30. The third-order valence-electron chi connectivity index (χ3n) is 5.54. The molecule has 0 atom stereocenters. The Bertz CT molecular complexity index is 687. The van der Waals surface area contributed by atoms with Gasteiger partial charge in [0, 0.05) is 17.7 Å². The van der Waals surface area contributed by atoms with Gasteiger partial charge in [0.25, 0.3) is 5.69 Å². The second kappa shape index (κ2) is 16.5. The van der Waals surface area contributed by atoms with Crippen molar-refractivity contribution in [1.29, 1.82) is 0 Å². The highest BCUT2D eigenvalue weighted by Gasteiger charge is 2.14. The van der Waals surface area contributed by atoms with Crippen molar-refractivity contribution in [3.63, 3.8) is 0 Å². The molecule has 0 fully saturated rings. The predicted octanol–water partition coefficient (Wildman–Crippen LogP) is 7.78. The number of non-ortho nitro benzene ring substituents is 1.